The van der Waals surface area contributed by atoms with E-state index in [-0.39, 0.29) is 0 Å². The third-order valence-corrected chi connectivity index (χ3v) is 3.52. The second kappa shape index (κ2) is 5.15. The van der Waals surface area contributed by atoms with E-state index in [0.717, 1.165) is 6.42 Å². The van der Waals surface area contributed by atoms with Crippen molar-refractivity contribution < 1.29 is 0 Å². The minimum absolute atomic E-state index is 0.976. The summed E-state index contributed by atoms with van der Waals surface area (Å²) >= 11 is 0. The van der Waals surface area contributed by atoms with E-state index in [4.69, 9.17) is 0 Å². The van der Waals surface area contributed by atoms with Crippen LogP contribution in [-0.2, 0) is 13.5 Å². The van der Waals surface area contributed by atoms with E-state index in [9.17, 15) is 0 Å². The molecule has 94 valence electrons. The lowest BCUT2D eigenvalue weighted by atomic mass is 10.1. The van der Waals surface area contributed by atoms with Gasteiger partial charge >= 0.3 is 0 Å². The van der Waals surface area contributed by atoms with Crippen LogP contribution in [-0.4, -0.2) is 4.57 Å². The molecule has 0 aliphatic heterocycles. The van der Waals surface area contributed by atoms with Gasteiger partial charge in [0.05, 0.1) is 0 Å². The molecule has 0 spiro atoms. The highest BCUT2D eigenvalue weighted by Crippen LogP contribution is 2.22. The first-order valence-corrected chi connectivity index (χ1v) is 6.58. The molecular formula is C18H17N. The Kier molecular flexibility index (Phi) is 3.20. The Morgan fingerprint density at radius 3 is 2.05 bits per heavy atom. The molecule has 0 radical (unpaired) electrons. The standard InChI is InChI=1S/C18H17N/c1-19-17(14-15-8-4-2-5-9-15)12-13-18(19)16-10-6-3-7-11-16/h2-13H,14H2,1H3. The maximum Gasteiger partial charge on any atom is 0.0479 e. The normalized spacial score (nSPS) is 10.6. The van der Waals surface area contributed by atoms with E-state index in [1.807, 2.05) is 0 Å². The molecule has 19 heavy (non-hydrogen) atoms. The highest BCUT2D eigenvalue weighted by molar-refractivity contribution is 5.60. The van der Waals surface area contributed by atoms with Crippen LogP contribution in [0.15, 0.2) is 72.8 Å². The van der Waals surface area contributed by atoms with E-state index in [0.29, 0.717) is 0 Å². The van der Waals surface area contributed by atoms with Crippen LogP contribution in [0, 0.1) is 0 Å². The monoisotopic (exact) mass is 247 g/mol. The molecule has 0 saturated carbocycles. The van der Waals surface area contributed by atoms with Crippen LogP contribution in [0.1, 0.15) is 11.3 Å². The van der Waals surface area contributed by atoms with Gasteiger partial charge in [-0.05, 0) is 23.3 Å². The van der Waals surface area contributed by atoms with Crippen molar-refractivity contribution in [1.82, 2.24) is 4.57 Å². The van der Waals surface area contributed by atoms with Crippen LogP contribution in [0.3, 0.4) is 0 Å². The molecular weight excluding hydrogens is 230 g/mol. The zero-order chi connectivity index (χ0) is 13.1. The average molecular weight is 247 g/mol. The fourth-order valence-corrected chi connectivity index (χ4v) is 2.43. The molecule has 3 aromatic rings. The van der Waals surface area contributed by atoms with Gasteiger partial charge in [0.25, 0.3) is 0 Å². The molecule has 3 rings (SSSR count). The van der Waals surface area contributed by atoms with Crippen molar-refractivity contribution in [3.8, 4) is 11.3 Å². The van der Waals surface area contributed by atoms with Gasteiger partial charge in [-0.2, -0.15) is 0 Å². The highest BCUT2D eigenvalue weighted by Gasteiger charge is 2.06. The second-order valence-corrected chi connectivity index (χ2v) is 4.80. The first-order valence-electron chi connectivity index (χ1n) is 6.58. The average Bonchev–Trinajstić information content (AvgIpc) is 2.82. The molecule has 0 N–H and O–H groups in total. The second-order valence-electron chi connectivity index (χ2n) is 4.80. The first-order chi connectivity index (χ1) is 9.34. The fraction of sp³-hybridized carbons (Fsp3) is 0.111. The van der Waals surface area contributed by atoms with Gasteiger partial charge < -0.3 is 4.57 Å². The Bertz CT molecular complexity index is 651. The number of hydrogen-bond donors (Lipinski definition) is 0. The Hall–Kier alpha value is -2.28. The fourth-order valence-electron chi connectivity index (χ4n) is 2.43. The minimum Gasteiger partial charge on any atom is -0.347 e. The van der Waals surface area contributed by atoms with Crippen LogP contribution in [0.2, 0.25) is 0 Å². The SMILES string of the molecule is Cn1c(Cc2ccccc2)ccc1-c1ccccc1. The topological polar surface area (TPSA) is 4.93 Å². The predicted molar refractivity (Wildman–Crippen MR) is 80.1 cm³/mol. The van der Waals surface area contributed by atoms with Gasteiger partial charge in [-0.1, -0.05) is 60.7 Å². The highest BCUT2D eigenvalue weighted by atomic mass is 15.0. The molecule has 0 bridgehead atoms. The Balaban J connectivity index is 1.92. The van der Waals surface area contributed by atoms with Crippen molar-refractivity contribution in [2.75, 3.05) is 0 Å². The molecule has 1 heterocycles. The third kappa shape index (κ3) is 2.45. The van der Waals surface area contributed by atoms with Crippen molar-refractivity contribution in [1.29, 1.82) is 0 Å². The largest absolute Gasteiger partial charge is 0.347 e. The first kappa shape index (κ1) is 11.8. The van der Waals surface area contributed by atoms with Crippen LogP contribution in [0.4, 0.5) is 0 Å². The summed E-state index contributed by atoms with van der Waals surface area (Å²) in [6.45, 7) is 0. The molecule has 1 heteroatoms. The number of nitrogens with zero attached hydrogens (tertiary/aromatic N) is 1. The van der Waals surface area contributed by atoms with Crippen molar-refractivity contribution in [3.05, 3.63) is 84.1 Å². The smallest absolute Gasteiger partial charge is 0.0479 e. The van der Waals surface area contributed by atoms with Gasteiger partial charge in [-0.25, -0.2) is 0 Å². The summed E-state index contributed by atoms with van der Waals surface area (Å²) in [5.41, 5.74) is 5.23. The summed E-state index contributed by atoms with van der Waals surface area (Å²) in [5.74, 6) is 0. The predicted octanol–water partition coefficient (Wildman–Crippen LogP) is 4.28. The molecule has 0 atom stereocenters. The number of rotatable bonds is 3. The summed E-state index contributed by atoms with van der Waals surface area (Å²) < 4.78 is 2.28. The van der Waals surface area contributed by atoms with E-state index >= 15 is 0 Å². The number of hydrogen-bond acceptors (Lipinski definition) is 0. The zero-order valence-corrected chi connectivity index (χ0v) is 11.1. The lowest BCUT2D eigenvalue weighted by molar-refractivity contribution is 0.858. The summed E-state index contributed by atoms with van der Waals surface area (Å²) in [6, 6.07) is 25.5. The van der Waals surface area contributed by atoms with Crippen LogP contribution in [0.25, 0.3) is 11.3 Å². The van der Waals surface area contributed by atoms with Crippen LogP contribution in [0.5, 0.6) is 0 Å². The molecule has 0 aliphatic rings. The summed E-state index contributed by atoms with van der Waals surface area (Å²) in [4.78, 5) is 0. The van der Waals surface area contributed by atoms with Crippen molar-refractivity contribution in [2.45, 2.75) is 6.42 Å². The quantitative estimate of drug-likeness (QED) is 0.651. The lowest BCUT2D eigenvalue weighted by Crippen LogP contribution is -1.99. The molecule has 0 amide bonds. The van der Waals surface area contributed by atoms with E-state index in [2.05, 4.69) is 84.4 Å². The molecule has 2 aromatic carbocycles. The van der Waals surface area contributed by atoms with Crippen molar-refractivity contribution >= 4 is 0 Å². The van der Waals surface area contributed by atoms with Gasteiger partial charge in [0, 0.05) is 24.9 Å². The summed E-state index contributed by atoms with van der Waals surface area (Å²) in [6.07, 6.45) is 0.976. The molecule has 0 aliphatic carbocycles. The number of aromatic nitrogens is 1. The zero-order valence-electron chi connectivity index (χ0n) is 11.1. The minimum atomic E-state index is 0.976. The summed E-state index contributed by atoms with van der Waals surface area (Å²) in [7, 11) is 2.14. The van der Waals surface area contributed by atoms with E-state index in [1.54, 1.807) is 0 Å². The molecule has 0 unspecified atom stereocenters. The van der Waals surface area contributed by atoms with Crippen molar-refractivity contribution in [3.63, 3.8) is 0 Å². The van der Waals surface area contributed by atoms with E-state index < -0.39 is 0 Å². The van der Waals surface area contributed by atoms with Crippen molar-refractivity contribution in [2.24, 2.45) is 7.05 Å². The lowest BCUT2D eigenvalue weighted by Gasteiger charge is -2.08. The maximum absolute atomic E-state index is 2.28. The molecule has 1 aromatic heterocycles. The van der Waals surface area contributed by atoms with Gasteiger partial charge in [0.2, 0.25) is 0 Å². The van der Waals surface area contributed by atoms with Gasteiger partial charge in [-0.15, -0.1) is 0 Å². The molecule has 0 fully saturated rings. The molecule has 0 saturated heterocycles. The van der Waals surface area contributed by atoms with Gasteiger partial charge in [0.1, 0.15) is 0 Å². The Morgan fingerprint density at radius 1 is 0.737 bits per heavy atom. The Labute approximate surface area is 114 Å². The number of benzene rings is 2. The van der Waals surface area contributed by atoms with Gasteiger partial charge in [-0.3, -0.25) is 0 Å². The van der Waals surface area contributed by atoms with Crippen LogP contribution >= 0.6 is 0 Å². The van der Waals surface area contributed by atoms with E-state index in [1.165, 1.54) is 22.5 Å². The molecule has 1 nitrogen and oxygen atoms in total. The van der Waals surface area contributed by atoms with Gasteiger partial charge in [0.15, 0.2) is 0 Å². The Morgan fingerprint density at radius 2 is 1.37 bits per heavy atom. The maximum atomic E-state index is 2.28. The van der Waals surface area contributed by atoms with Crippen LogP contribution < -0.4 is 0 Å². The summed E-state index contributed by atoms with van der Waals surface area (Å²) in [5, 5.41) is 0. The third-order valence-electron chi connectivity index (χ3n) is 3.52.